The second-order valence-electron chi connectivity index (χ2n) is 4.73. The van der Waals surface area contributed by atoms with E-state index in [-0.39, 0.29) is 11.3 Å². The highest BCUT2D eigenvalue weighted by molar-refractivity contribution is 5.97. The SMILES string of the molecule is CNCC1(C(=O)N(C)c2ccncc2)CCC1. The van der Waals surface area contributed by atoms with Crippen LogP contribution in [-0.4, -0.2) is 31.5 Å². The molecule has 1 saturated carbocycles. The van der Waals surface area contributed by atoms with Crippen LogP contribution in [0.1, 0.15) is 19.3 Å². The summed E-state index contributed by atoms with van der Waals surface area (Å²) in [5.41, 5.74) is 0.722. The van der Waals surface area contributed by atoms with E-state index in [9.17, 15) is 4.79 Å². The third-order valence-corrected chi connectivity index (χ3v) is 3.63. The van der Waals surface area contributed by atoms with Crippen molar-refractivity contribution >= 4 is 11.6 Å². The van der Waals surface area contributed by atoms with Crippen LogP contribution < -0.4 is 10.2 Å². The highest BCUT2D eigenvalue weighted by Crippen LogP contribution is 2.42. The van der Waals surface area contributed by atoms with E-state index >= 15 is 0 Å². The lowest BCUT2D eigenvalue weighted by molar-refractivity contribution is -0.132. The van der Waals surface area contributed by atoms with Crippen LogP contribution in [0.2, 0.25) is 0 Å². The minimum absolute atomic E-state index is 0.188. The molecular formula is C13H19N3O. The molecule has 4 heteroatoms. The summed E-state index contributed by atoms with van der Waals surface area (Å²) in [6.07, 6.45) is 6.55. The summed E-state index contributed by atoms with van der Waals surface area (Å²) in [4.78, 5) is 18.2. The van der Waals surface area contributed by atoms with Crippen molar-refractivity contribution in [2.24, 2.45) is 5.41 Å². The van der Waals surface area contributed by atoms with Gasteiger partial charge in [-0.15, -0.1) is 0 Å². The van der Waals surface area contributed by atoms with Crippen LogP contribution in [0, 0.1) is 5.41 Å². The molecule has 1 aliphatic carbocycles. The van der Waals surface area contributed by atoms with Crippen molar-refractivity contribution in [2.45, 2.75) is 19.3 Å². The van der Waals surface area contributed by atoms with Gasteiger partial charge in [0.2, 0.25) is 5.91 Å². The number of hydrogen-bond donors (Lipinski definition) is 1. The van der Waals surface area contributed by atoms with E-state index in [1.54, 1.807) is 17.3 Å². The summed E-state index contributed by atoms with van der Waals surface area (Å²) < 4.78 is 0. The number of nitrogens with one attached hydrogen (secondary N) is 1. The predicted octanol–water partition coefficient (Wildman–Crippen LogP) is 1.43. The second kappa shape index (κ2) is 4.84. The summed E-state index contributed by atoms with van der Waals surface area (Å²) in [5.74, 6) is 0.212. The Morgan fingerprint density at radius 2 is 2.12 bits per heavy atom. The molecule has 0 aliphatic heterocycles. The predicted molar refractivity (Wildman–Crippen MR) is 67.9 cm³/mol. The van der Waals surface area contributed by atoms with Gasteiger partial charge >= 0.3 is 0 Å². The van der Waals surface area contributed by atoms with E-state index < -0.39 is 0 Å². The fourth-order valence-electron chi connectivity index (χ4n) is 2.45. The van der Waals surface area contributed by atoms with Crippen LogP contribution in [0.25, 0.3) is 0 Å². The molecule has 4 nitrogen and oxygen atoms in total. The van der Waals surface area contributed by atoms with E-state index in [2.05, 4.69) is 10.3 Å². The number of hydrogen-bond acceptors (Lipinski definition) is 3. The van der Waals surface area contributed by atoms with Gasteiger partial charge in [0.05, 0.1) is 5.41 Å². The van der Waals surface area contributed by atoms with Crippen molar-refractivity contribution in [1.82, 2.24) is 10.3 Å². The van der Waals surface area contributed by atoms with E-state index in [1.807, 2.05) is 26.2 Å². The molecule has 2 rings (SSSR count). The molecule has 0 atom stereocenters. The zero-order valence-corrected chi connectivity index (χ0v) is 10.4. The van der Waals surface area contributed by atoms with E-state index in [4.69, 9.17) is 0 Å². The lowest BCUT2D eigenvalue weighted by atomic mass is 9.67. The number of amides is 1. The van der Waals surface area contributed by atoms with E-state index in [0.29, 0.717) is 0 Å². The Hall–Kier alpha value is -1.42. The average molecular weight is 233 g/mol. The molecular weight excluding hydrogens is 214 g/mol. The summed E-state index contributed by atoms with van der Waals surface area (Å²) in [5, 5.41) is 3.14. The molecule has 1 heterocycles. The number of nitrogens with zero attached hydrogens (tertiary/aromatic N) is 2. The maximum Gasteiger partial charge on any atom is 0.234 e. The van der Waals surface area contributed by atoms with Crippen LogP contribution in [0.5, 0.6) is 0 Å². The first-order valence-electron chi connectivity index (χ1n) is 6.02. The molecule has 0 saturated heterocycles. The molecule has 0 bridgehead atoms. The highest BCUT2D eigenvalue weighted by atomic mass is 16.2. The number of pyridine rings is 1. The number of aromatic nitrogens is 1. The first kappa shape index (κ1) is 12.0. The molecule has 1 fully saturated rings. The van der Waals surface area contributed by atoms with Gasteiger partial charge in [0.25, 0.3) is 0 Å². The molecule has 1 aromatic heterocycles. The maximum atomic E-state index is 12.5. The molecule has 0 aromatic carbocycles. The molecule has 1 aromatic rings. The van der Waals surface area contributed by atoms with Crippen molar-refractivity contribution in [3.05, 3.63) is 24.5 Å². The van der Waals surface area contributed by atoms with Crippen LogP contribution in [0.4, 0.5) is 5.69 Å². The van der Waals surface area contributed by atoms with Gasteiger partial charge in [-0.05, 0) is 32.0 Å². The lowest BCUT2D eigenvalue weighted by Gasteiger charge is -2.42. The Balaban J connectivity index is 2.14. The Kier molecular flexibility index (Phi) is 3.43. The zero-order chi connectivity index (χ0) is 12.3. The maximum absolute atomic E-state index is 12.5. The van der Waals surface area contributed by atoms with Gasteiger partial charge in [-0.1, -0.05) is 6.42 Å². The molecule has 1 aliphatic rings. The topological polar surface area (TPSA) is 45.2 Å². The summed E-state index contributed by atoms with van der Waals surface area (Å²) >= 11 is 0. The van der Waals surface area contributed by atoms with Crippen molar-refractivity contribution in [3.63, 3.8) is 0 Å². The fraction of sp³-hybridized carbons (Fsp3) is 0.538. The van der Waals surface area contributed by atoms with Crippen molar-refractivity contribution in [1.29, 1.82) is 0 Å². The summed E-state index contributed by atoms with van der Waals surface area (Å²) in [7, 11) is 3.74. The van der Waals surface area contributed by atoms with Gasteiger partial charge < -0.3 is 10.2 Å². The molecule has 0 radical (unpaired) electrons. The van der Waals surface area contributed by atoms with Gasteiger partial charge in [0.15, 0.2) is 0 Å². The molecule has 17 heavy (non-hydrogen) atoms. The summed E-state index contributed by atoms with van der Waals surface area (Å²) in [6.45, 7) is 0.765. The Labute approximate surface area is 102 Å². The number of carbonyl (C=O) groups excluding carboxylic acids is 1. The Morgan fingerprint density at radius 3 is 2.59 bits per heavy atom. The van der Waals surface area contributed by atoms with Gasteiger partial charge in [-0.3, -0.25) is 9.78 Å². The molecule has 1 N–H and O–H groups in total. The van der Waals surface area contributed by atoms with Crippen LogP contribution in [0.15, 0.2) is 24.5 Å². The van der Waals surface area contributed by atoms with Crippen molar-refractivity contribution < 1.29 is 4.79 Å². The Bertz CT molecular complexity index is 387. The number of anilines is 1. The zero-order valence-electron chi connectivity index (χ0n) is 10.4. The third kappa shape index (κ3) is 2.17. The van der Waals surface area contributed by atoms with E-state index in [0.717, 1.165) is 31.5 Å². The fourth-order valence-corrected chi connectivity index (χ4v) is 2.45. The van der Waals surface area contributed by atoms with Crippen LogP contribution >= 0.6 is 0 Å². The molecule has 92 valence electrons. The minimum atomic E-state index is -0.188. The first-order valence-corrected chi connectivity index (χ1v) is 6.02. The van der Waals surface area contributed by atoms with Gasteiger partial charge in [0, 0.05) is 31.7 Å². The number of rotatable bonds is 4. The lowest BCUT2D eigenvalue weighted by Crippen LogP contribution is -2.51. The molecule has 0 unspecified atom stereocenters. The third-order valence-electron chi connectivity index (χ3n) is 3.63. The van der Waals surface area contributed by atoms with E-state index in [1.165, 1.54) is 0 Å². The Morgan fingerprint density at radius 1 is 1.47 bits per heavy atom. The van der Waals surface area contributed by atoms with Crippen molar-refractivity contribution in [2.75, 3.05) is 25.5 Å². The van der Waals surface area contributed by atoms with Crippen molar-refractivity contribution in [3.8, 4) is 0 Å². The smallest absolute Gasteiger partial charge is 0.234 e. The largest absolute Gasteiger partial charge is 0.319 e. The van der Waals surface area contributed by atoms with Gasteiger partial charge in [0.1, 0.15) is 0 Å². The normalized spacial score (nSPS) is 17.3. The number of carbonyl (C=O) groups is 1. The average Bonchev–Trinajstić information content (AvgIpc) is 2.33. The molecule has 0 spiro atoms. The highest BCUT2D eigenvalue weighted by Gasteiger charge is 2.45. The van der Waals surface area contributed by atoms with Crippen LogP contribution in [0.3, 0.4) is 0 Å². The van der Waals surface area contributed by atoms with Gasteiger partial charge in [-0.25, -0.2) is 0 Å². The quantitative estimate of drug-likeness (QED) is 0.855. The van der Waals surface area contributed by atoms with Crippen LogP contribution in [-0.2, 0) is 4.79 Å². The monoisotopic (exact) mass is 233 g/mol. The minimum Gasteiger partial charge on any atom is -0.319 e. The molecule has 1 amide bonds. The van der Waals surface area contributed by atoms with Gasteiger partial charge in [-0.2, -0.15) is 0 Å². The standard InChI is InChI=1S/C13H19N3O/c1-14-10-13(6-3-7-13)12(17)16(2)11-4-8-15-9-5-11/h4-5,8-9,14H,3,6-7,10H2,1-2H3. The summed E-state index contributed by atoms with van der Waals surface area (Å²) in [6, 6.07) is 3.73. The first-order chi connectivity index (χ1) is 8.19. The second-order valence-corrected chi connectivity index (χ2v) is 4.73.